The second-order valence-corrected chi connectivity index (χ2v) is 4.13. The van der Waals surface area contributed by atoms with Crippen molar-refractivity contribution in [1.29, 1.82) is 0 Å². The fraction of sp³-hybridized carbons (Fsp3) is 0.500. The Balaban J connectivity index is 2.22. The lowest BCUT2D eigenvalue weighted by atomic mass is 10.1. The molecule has 0 aliphatic rings. The van der Waals surface area contributed by atoms with Crippen LogP contribution in [-0.2, 0) is 6.42 Å². The SMILES string of the molecule is CCCC=CCCCc1[c]cc(OCC)cc1. The molecule has 0 saturated heterocycles. The zero-order chi connectivity index (χ0) is 12.3. The van der Waals surface area contributed by atoms with Crippen LogP contribution in [0.25, 0.3) is 0 Å². The highest BCUT2D eigenvalue weighted by Gasteiger charge is 1.95. The molecule has 0 atom stereocenters. The zero-order valence-corrected chi connectivity index (χ0v) is 11.0. The van der Waals surface area contributed by atoms with E-state index in [9.17, 15) is 0 Å². The van der Waals surface area contributed by atoms with Crippen LogP contribution in [0, 0.1) is 6.07 Å². The molecule has 17 heavy (non-hydrogen) atoms. The van der Waals surface area contributed by atoms with Gasteiger partial charge in [-0.25, -0.2) is 0 Å². The minimum absolute atomic E-state index is 0.718. The van der Waals surface area contributed by atoms with Crippen molar-refractivity contribution in [3.63, 3.8) is 0 Å². The largest absolute Gasteiger partial charge is 0.494 e. The lowest BCUT2D eigenvalue weighted by molar-refractivity contribution is 0.340. The molecule has 0 aliphatic carbocycles. The predicted octanol–water partition coefficient (Wildman–Crippen LogP) is 4.56. The number of ether oxygens (including phenoxy) is 1. The Bertz CT molecular complexity index is 311. The number of allylic oxidation sites excluding steroid dienone is 2. The van der Waals surface area contributed by atoms with Crippen molar-refractivity contribution in [2.45, 2.75) is 46.0 Å². The van der Waals surface area contributed by atoms with Gasteiger partial charge in [-0.15, -0.1) is 0 Å². The third kappa shape index (κ3) is 6.15. The summed E-state index contributed by atoms with van der Waals surface area (Å²) >= 11 is 0. The summed E-state index contributed by atoms with van der Waals surface area (Å²) in [5, 5.41) is 0. The van der Waals surface area contributed by atoms with Gasteiger partial charge in [0, 0.05) is 0 Å². The van der Waals surface area contributed by atoms with Crippen molar-refractivity contribution in [2.75, 3.05) is 6.61 Å². The number of unbranched alkanes of at least 4 members (excludes halogenated alkanes) is 2. The highest BCUT2D eigenvalue weighted by Crippen LogP contribution is 2.13. The number of benzene rings is 1. The lowest BCUT2D eigenvalue weighted by Gasteiger charge is -2.03. The van der Waals surface area contributed by atoms with Crippen molar-refractivity contribution >= 4 is 0 Å². The average Bonchev–Trinajstić information content (AvgIpc) is 2.36. The third-order valence-corrected chi connectivity index (χ3v) is 2.60. The summed E-state index contributed by atoms with van der Waals surface area (Å²) in [5.41, 5.74) is 1.28. The first-order valence-corrected chi connectivity index (χ1v) is 6.65. The van der Waals surface area contributed by atoms with Gasteiger partial charge >= 0.3 is 0 Å². The van der Waals surface area contributed by atoms with E-state index in [0.29, 0.717) is 0 Å². The highest BCUT2D eigenvalue weighted by atomic mass is 16.5. The lowest BCUT2D eigenvalue weighted by Crippen LogP contribution is -1.92. The van der Waals surface area contributed by atoms with Crippen LogP contribution in [0.1, 0.15) is 45.1 Å². The summed E-state index contributed by atoms with van der Waals surface area (Å²) in [5.74, 6) is 0.916. The number of rotatable bonds is 8. The Labute approximate surface area is 106 Å². The van der Waals surface area contributed by atoms with E-state index in [-0.39, 0.29) is 0 Å². The predicted molar refractivity (Wildman–Crippen MR) is 73.4 cm³/mol. The molecule has 0 bridgehead atoms. The van der Waals surface area contributed by atoms with Crippen LogP contribution in [0.4, 0.5) is 0 Å². The van der Waals surface area contributed by atoms with E-state index in [2.05, 4.69) is 31.2 Å². The zero-order valence-electron chi connectivity index (χ0n) is 11.0. The topological polar surface area (TPSA) is 9.23 Å². The number of aryl methyl sites for hydroxylation is 1. The summed E-state index contributed by atoms with van der Waals surface area (Å²) < 4.78 is 5.39. The van der Waals surface area contributed by atoms with E-state index >= 15 is 0 Å². The summed E-state index contributed by atoms with van der Waals surface area (Å²) in [4.78, 5) is 0. The Hall–Kier alpha value is -1.24. The molecule has 0 heterocycles. The highest BCUT2D eigenvalue weighted by molar-refractivity contribution is 5.26. The normalized spacial score (nSPS) is 10.9. The molecule has 0 aliphatic heterocycles. The van der Waals surface area contributed by atoms with Gasteiger partial charge in [0.05, 0.1) is 6.61 Å². The molecule has 1 radical (unpaired) electrons. The molecular formula is C16H23O. The monoisotopic (exact) mass is 231 g/mol. The molecule has 93 valence electrons. The smallest absolute Gasteiger partial charge is 0.119 e. The van der Waals surface area contributed by atoms with Crippen LogP contribution >= 0.6 is 0 Å². The first-order valence-electron chi connectivity index (χ1n) is 6.65. The third-order valence-electron chi connectivity index (χ3n) is 2.60. The van der Waals surface area contributed by atoms with E-state index in [0.717, 1.165) is 18.8 Å². The van der Waals surface area contributed by atoms with E-state index < -0.39 is 0 Å². The molecule has 0 spiro atoms. The molecule has 0 aromatic heterocycles. The van der Waals surface area contributed by atoms with Crippen LogP contribution in [0.2, 0.25) is 0 Å². The Kier molecular flexibility index (Phi) is 7.20. The van der Waals surface area contributed by atoms with Crippen molar-refractivity contribution in [3.05, 3.63) is 42.0 Å². The van der Waals surface area contributed by atoms with Gasteiger partial charge in [-0.3, -0.25) is 0 Å². The standard InChI is InChI=1S/C16H23O/c1-3-5-6-7-8-9-10-15-11-13-16(14-12-15)17-4-2/h6-7,11,13-14H,3-5,8-10H2,1-2H3. The molecule has 1 rings (SSSR count). The summed E-state index contributed by atoms with van der Waals surface area (Å²) in [6.07, 6.45) is 10.5. The van der Waals surface area contributed by atoms with Crippen LogP contribution in [0.15, 0.2) is 30.4 Å². The Morgan fingerprint density at radius 1 is 1.18 bits per heavy atom. The van der Waals surface area contributed by atoms with Crippen molar-refractivity contribution in [3.8, 4) is 5.75 Å². The molecule has 1 aromatic carbocycles. The fourth-order valence-electron chi connectivity index (χ4n) is 1.67. The molecule has 0 amide bonds. The molecule has 1 heteroatoms. The van der Waals surface area contributed by atoms with E-state index in [1.54, 1.807) is 0 Å². The Morgan fingerprint density at radius 2 is 2.00 bits per heavy atom. The fourth-order valence-corrected chi connectivity index (χ4v) is 1.67. The molecule has 1 nitrogen and oxygen atoms in total. The van der Waals surface area contributed by atoms with Crippen LogP contribution in [0.3, 0.4) is 0 Å². The van der Waals surface area contributed by atoms with Crippen LogP contribution in [-0.4, -0.2) is 6.61 Å². The van der Waals surface area contributed by atoms with Crippen molar-refractivity contribution < 1.29 is 4.74 Å². The van der Waals surface area contributed by atoms with Crippen LogP contribution in [0.5, 0.6) is 5.75 Å². The van der Waals surface area contributed by atoms with Gasteiger partial charge in [0.15, 0.2) is 0 Å². The second kappa shape index (κ2) is 8.86. The summed E-state index contributed by atoms with van der Waals surface area (Å²) in [6.45, 7) is 4.92. The molecular weight excluding hydrogens is 208 g/mol. The summed E-state index contributed by atoms with van der Waals surface area (Å²) in [7, 11) is 0. The molecule has 0 unspecified atom stereocenters. The maximum Gasteiger partial charge on any atom is 0.119 e. The number of hydrogen-bond donors (Lipinski definition) is 0. The minimum atomic E-state index is 0.718. The van der Waals surface area contributed by atoms with Gasteiger partial charge in [-0.1, -0.05) is 31.6 Å². The van der Waals surface area contributed by atoms with E-state index in [1.165, 1.54) is 31.2 Å². The number of hydrogen-bond acceptors (Lipinski definition) is 1. The average molecular weight is 231 g/mol. The summed E-state index contributed by atoms with van der Waals surface area (Å²) in [6, 6.07) is 9.35. The van der Waals surface area contributed by atoms with Gasteiger partial charge in [0.25, 0.3) is 0 Å². The van der Waals surface area contributed by atoms with Gasteiger partial charge in [-0.05, 0) is 56.4 Å². The first kappa shape index (κ1) is 13.8. The quantitative estimate of drug-likeness (QED) is 0.470. The van der Waals surface area contributed by atoms with E-state index in [1.807, 2.05) is 19.1 Å². The first-order chi connectivity index (χ1) is 8.36. The van der Waals surface area contributed by atoms with Gasteiger partial charge in [0.2, 0.25) is 0 Å². The molecule has 1 aromatic rings. The van der Waals surface area contributed by atoms with E-state index in [4.69, 9.17) is 4.74 Å². The van der Waals surface area contributed by atoms with Crippen molar-refractivity contribution in [2.24, 2.45) is 0 Å². The minimum Gasteiger partial charge on any atom is -0.494 e. The van der Waals surface area contributed by atoms with Crippen molar-refractivity contribution in [1.82, 2.24) is 0 Å². The van der Waals surface area contributed by atoms with Gasteiger partial charge in [-0.2, -0.15) is 0 Å². The van der Waals surface area contributed by atoms with Crippen LogP contribution < -0.4 is 4.74 Å². The Morgan fingerprint density at radius 3 is 2.65 bits per heavy atom. The molecule has 0 saturated carbocycles. The second-order valence-electron chi connectivity index (χ2n) is 4.13. The maximum absolute atomic E-state index is 5.39. The van der Waals surface area contributed by atoms with Gasteiger partial charge in [0.1, 0.15) is 5.75 Å². The maximum atomic E-state index is 5.39. The van der Waals surface area contributed by atoms with Gasteiger partial charge < -0.3 is 4.74 Å². The molecule has 0 N–H and O–H groups in total. The molecule has 0 fully saturated rings.